The predicted molar refractivity (Wildman–Crippen MR) is 135 cm³/mol. The molecule has 6 rings (SSSR count). The molecule has 6 atom stereocenters. The van der Waals surface area contributed by atoms with Crippen LogP contribution in [0.4, 0.5) is 13.2 Å². The third kappa shape index (κ3) is 4.53. The van der Waals surface area contributed by atoms with Crippen molar-refractivity contribution < 1.29 is 42.8 Å². The van der Waals surface area contributed by atoms with E-state index in [0.29, 0.717) is 5.52 Å². The summed E-state index contributed by atoms with van der Waals surface area (Å²) < 4.78 is 53.9. The Labute approximate surface area is 230 Å². The zero-order valence-electron chi connectivity index (χ0n) is 21.2. The number of rotatable bonds is 5. The molecule has 214 valence electrons. The number of nitrogens with zero attached hydrogens (tertiary/aromatic N) is 4. The van der Waals surface area contributed by atoms with E-state index in [-0.39, 0.29) is 29.8 Å². The first-order valence-corrected chi connectivity index (χ1v) is 12.7. The third-order valence-corrected chi connectivity index (χ3v) is 7.48. The molecule has 0 radical (unpaired) electrons. The van der Waals surface area contributed by atoms with Crippen molar-refractivity contribution in [3.8, 4) is 11.3 Å². The SMILES string of the molecule is O=C(N[C@@H]1CCO[C@]12O[C@H](CO)[C@H](O)[C@H](n1cc(-c3cc(F)c(F)c(F)c3)nn1)[C@H]2O)c1cccc2cccnc12. The molecule has 2 aromatic heterocycles. The van der Waals surface area contributed by atoms with Crippen molar-refractivity contribution in [2.45, 2.75) is 42.6 Å². The van der Waals surface area contributed by atoms with E-state index >= 15 is 0 Å². The van der Waals surface area contributed by atoms with Crippen LogP contribution in [0.3, 0.4) is 0 Å². The zero-order chi connectivity index (χ0) is 28.9. The Morgan fingerprint density at radius 1 is 1.15 bits per heavy atom. The molecular formula is C27H24F3N5O6. The zero-order valence-corrected chi connectivity index (χ0v) is 21.2. The topological polar surface area (TPSA) is 152 Å². The molecule has 0 unspecified atom stereocenters. The Morgan fingerprint density at radius 2 is 1.90 bits per heavy atom. The number of nitrogens with one attached hydrogen (secondary N) is 1. The van der Waals surface area contributed by atoms with Gasteiger partial charge in [0.2, 0.25) is 5.79 Å². The summed E-state index contributed by atoms with van der Waals surface area (Å²) in [6, 6.07) is 7.87. The molecule has 4 aromatic rings. The number of ether oxygens (including phenoxy) is 2. The van der Waals surface area contributed by atoms with Gasteiger partial charge in [-0.15, -0.1) is 5.10 Å². The summed E-state index contributed by atoms with van der Waals surface area (Å²) in [6.45, 7) is -0.618. The van der Waals surface area contributed by atoms with E-state index in [0.717, 1.165) is 22.2 Å². The summed E-state index contributed by atoms with van der Waals surface area (Å²) in [6.07, 6.45) is -1.52. The molecule has 0 saturated carbocycles. The Hall–Kier alpha value is -3.95. The minimum atomic E-state index is -1.91. The smallest absolute Gasteiger partial charge is 0.253 e. The van der Waals surface area contributed by atoms with Gasteiger partial charge in [-0.2, -0.15) is 0 Å². The van der Waals surface area contributed by atoms with Crippen LogP contribution in [-0.4, -0.2) is 84.6 Å². The number of carbonyl (C=O) groups excluding carboxylic acids is 1. The van der Waals surface area contributed by atoms with Gasteiger partial charge in [0.05, 0.1) is 36.5 Å². The second kappa shape index (κ2) is 10.5. The second-order valence-electron chi connectivity index (χ2n) is 9.87. The number of hydrogen-bond donors (Lipinski definition) is 4. The van der Waals surface area contributed by atoms with Crippen LogP contribution < -0.4 is 5.32 Å². The lowest BCUT2D eigenvalue weighted by Crippen LogP contribution is -2.69. The van der Waals surface area contributed by atoms with Gasteiger partial charge in [-0.05, 0) is 30.7 Å². The van der Waals surface area contributed by atoms with Gasteiger partial charge in [-0.1, -0.05) is 23.4 Å². The summed E-state index contributed by atoms with van der Waals surface area (Å²) in [7, 11) is 0. The molecular weight excluding hydrogens is 547 g/mol. The summed E-state index contributed by atoms with van der Waals surface area (Å²) in [4.78, 5) is 17.7. The largest absolute Gasteiger partial charge is 0.394 e. The number of aromatic nitrogens is 4. The highest BCUT2D eigenvalue weighted by molar-refractivity contribution is 6.05. The van der Waals surface area contributed by atoms with Gasteiger partial charge in [-0.25, -0.2) is 17.9 Å². The number of carbonyl (C=O) groups is 1. The van der Waals surface area contributed by atoms with Crippen LogP contribution in [-0.2, 0) is 9.47 Å². The summed E-state index contributed by atoms with van der Waals surface area (Å²) in [5.74, 6) is -6.93. The molecule has 2 aliphatic heterocycles. The number of hydrogen-bond acceptors (Lipinski definition) is 9. The minimum absolute atomic E-state index is 0.0630. The van der Waals surface area contributed by atoms with Crippen LogP contribution >= 0.6 is 0 Å². The molecule has 11 nitrogen and oxygen atoms in total. The van der Waals surface area contributed by atoms with Crippen molar-refractivity contribution in [2.75, 3.05) is 13.2 Å². The maximum Gasteiger partial charge on any atom is 0.253 e. The van der Waals surface area contributed by atoms with Gasteiger partial charge in [0, 0.05) is 17.1 Å². The van der Waals surface area contributed by atoms with Gasteiger partial charge in [0.15, 0.2) is 17.5 Å². The fourth-order valence-corrected chi connectivity index (χ4v) is 5.47. The van der Waals surface area contributed by atoms with Crippen molar-refractivity contribution >= 4 is 16.8 Å². The van der Waals surface area contributed by atoms with Gasteiger partial charge in [0.1, 0.15) is 30.0 Å². The molecule has 4 heterocycles. The highest BCUT2D eigenvalue weighted by Gasteiger charge is 2.62. The van der Waals surface area contributed by atoms with E-state index in [1.165, 1.54) is 6.20 Å². The van der Waals surface area contributed by atoms with E-state index in [1.54, 1.807) is 24.4 Å². The summed E-state index contributed by atoms with van der Waals surface area (Å²) in [5.41, 5.74) is 0.536. The van der Waals surface area contributed by atoms with Gasteiger partial charge >= 0.3 is 0 Å². The lowest BCUT2D eigenvalue weighted by atomic mass is 9.86. The fourth-order valence-electron chi connectivity index (χ4n) is 5.47. The van der Waals surface area contributed by atoms with Crippen molar-refractivity contribution in [1.29, 1.82) is 0 Å². The maximum absolute atomic E-state index is 13.8. The molecule has 1 amide bonds. The molecule has 41 heavy (non-hydrogen) atoms. The lowest BCUT2D eigenvalue weighted by Gasteiger charge is -2.49. The number of benzene rings is 2. The summed E-state index contributed by atoms with van der Waals surface area (Å²) in [5, 5.41) is 44.0. The minimum Gasteiger partial charge on any atom is -0.394 e. The highest BCUT2D eigenvalue weighted by Crippen LogP contribution is 2.43. The van der Waals surface area contributed by atoms with E-state index in [9.17, 15) is 33.3 Å². The van der Waals surface area contributed by atoms with Crippen LogP contribution in [0, 0.1) is 17.5 Å². The number of aliphatic hydroxyl groups is 3. The molecule has 1 spiro atoms. The first kappa shape index (κ1) is 27.2. The van der Waals surface area contributed by atoms with Gasteiger partial charge < -0.3 is 30.1 Å². The maximum atomic E-state index is 13.8. The lowest BCUT2D eigenvalue weighted by molar-refractivity contribution is -0.344. The summed E-state index contributed by atoms with van der Waals surface area (Å²) >= 11 is 0. The normalized spacial score (nSPS) is 27.9. The van der Waals surface area contributed by atoms with E-state index in [4.69, 9.17) is 9.47 Å². The number of amides is 1. The van der Waals surface area contributed by atoms with Crippen LogP contribution in [0.1, 0.15) is 22.8 Å². The molecule has 2 aromatic carbocycles. The molecule has 14 heteroatoms. The Bertz CT molecular complexity index is 1590. The van der Waals surface area contributed by atoms with Crippen molar-refractivity contribution in [2.24, 2.45) is 0 Å². The van der Waals surface area contributed by atoms with E-state index in [2.05, 4.69) is 20.6 Å². The Morgan fingerprint density at radius 3 is 2.66 bits per heavy atom. The van der Waals surface area contributed by atoms with Gasteiger partial charge in [-0.3, -0.25) is 9.78 Å². The van der Waals surface area contributed by atoms with Crippen LogP contribution in [0.25, 0.3) is 22.2 Å². The van der Waals surface area contributed by atoms with E-state index in [1.807, 2.05) is 12.1 Å². The quantitative estimate of drug-likeness (QED) is 0.261. The molecule has 4 N–H and O–H groups in total. The molecule has 2 aliphatic rings. The first-order valence-electron chi connectivity index (χ1n) is 12.7. The van der Waals surface area contributed by atoms with Crippen molar-refractivity contribution in [3.05, 3.63) is 77.9 Å². The number of fused-ring (bicyclic) bond motifs is 1. The predicted octanol–water partition coefficient (Wildman–Crippen LogP) is 1.48. The van der Waals surface area contributed by atoms with Crippen LogP contribution in [0.15, 0.2) is 54.9 Å². The van der Waals surface area contributed by atoms with Crippen LogP contribution in [0.2, 0.25) is 0 Å². The number of halogens is 3. The number of aliphatic hydroxyl groups excluding tert-OH is 3. The third-order valence-electron chi connectivity index (χ3n) is 7.48. The Kier molecular flexibility index (Phi) is 6.95. The molecule has 0 aliphatic carbocycles. The number of pyridine rings is 1. The highest BCUT2D eigenvalue weighted by atomic mass is 19.2. The molecule has 2 fully saturated rings. The molecule has 2 saturated heterocycles. The monoisotopic (exact) mass is 571 g/mol. The number of para-hydroxylation sites is 1. The Balaban J connectivity index is 1.33. The molecule has 0 bridgehead atoms. The van der Waals surface area contributed by atoms with Gasteiger partial charge in [0.25, 0.3) is 5.91 Å². The van der Waals surface area contributed by atoms with Crippen molar-refractivity contribution in [3.63, 3.8) is 0 Å². The average Bonchev–Trinajstić information content (AvgIpc) is 3.61. The standard InChI is InChI=1S/C27H24F3N5O6/c28-16-9-14(10-17(29)21(16)30)18-11-35(34-33-18)23-24(37)19(12-36)41-27(25(23)38)20(6-8-40-27)32-26(39)15-5-1-3-13-4-2-7-31-22(13)15/h1-5,7,9-11,19-20,23-25,36-38H,6,8,12H2,(H,32,39)/t19-,20-,23+,24+,25-,27+/m1/s1. The fraction of sp³-hybridized carbons (Fsp3) is 0.333. The van der Waals surface area contributed by atoms with E-state index < -0.39 is 66.1 Å². The van der Waals surface area contributed by atoms with Crippen LogP contribution in [0.5, 0.6) is 0 Å². The second-order valence-corrected chi connectivity index (χ2v) is 9.87. The van der Waals surface area contributed by atoms with Crippen molar-refractivity contribution in [1.82, 2.24) is 25.3 Å². The average molecular weight is 572 g/mol. The first-order chi connectivity index (χ1) is 19.7.